The highest BCUT2D eigenvalue weighted by Crippen LogP contribution is 2.26. The van der Waals surface area contributed by atoms with Crippen molar-refractivity contribution in [2.45, 2.75) is 66.2 Å². The van der Waals surface area contributed by atoms with E-state index in [9.17, 15) is 19.6 Å². The van der Waals surface area contributed by atoms with Gasteiger partial charge in [-0.05, 0) is 59.6 Å². The first kappa shape index (κ1) is 25.0. The van der Waals surface area contributed by atoms with Gasteiger partial charge in [0.1, 0.15) is 24.7 Å². The number of hydrogen-bond acceptors (Lipinski definition) is 5. The Morgan fingerprint density at radius 3 is 2.37 bits per heavy atom. The van der Waals surface area contributed by atoms with Gasteiger partial charge in [-0.2, -0.15) is 5.26 Å². The zero-order chi connectivity index (χ0) is 23.1. The predicted molar refractivity (Wildman–Crippen MR) is 113 cm³/mol. The van der Waals surface area contributed by atoms with Gasteiger partial charge < -0.3 is 20.3 Å². The SMILES string of the molecule is Cc1ccc(C)c(C(C(=O)NC(C)C)N(CC#N)C(=O)CNC(=O)OC(C)(C)C)c1. The first-order chi connectivity index (χ1) is 13.9. The van der Waals surface area contributed by atoms with Crippen molar-refractivity contribution in [1.29, 1.82) is 5.26 Å². The second-order valence-electron chi connectivity index (χ2n) is 8.46. The highest BCUT2D eigenvalue weighted by molar-refractivity contribution is 5.91. The van der Waals surface area contributed by atoms with E-state index in [1.165, 1.54) is 4.90 Å². The van der Waals surface area contributed by atoms with Crippen LogP contribution in [-0.2, 0) is 14.3 Å². The number of nitrogens with one attached hydrogen (secondary N) is 2. The third-order valence-electron chi connectivity index (χ3n) is 4.06. The average molecular weight is 417 g/mol. The van der Waals surface area contributed by atoms with E-state index in [1.54, 1.807) is 20.8 Å². The molecule has 3 amide bonds. The second-order valence-corrected chi connectivity index (χ2v) is 8.46. The Kier molecular flexibility index (Phi) is 8.84. The van der Waals surface area contributed by atoms with Gasteiger partial charge in [0.2, 0.25) is 11.8 Å². The Morgan fingerprint density at radius 1 is 1.20 bits per heavy atom. The molecule has 0 radical (unpaired) electrons. The Balaban J connectivity index is 3.22. The minimum atomic E-state index is -1.00. The van der Waals surface area contributed by atoms with Crippen LogP contribution in [0.15, 0.2) is 18.2 Å². The Hall–Kier alpha value is -3.08. The summed E-state index contributed by atoms with van der Waals surface area (Å²) in [6.07, 6.45) is -0.748. The van der Waals surface area contributed by atoms with Crippen molar-refractivity contribution in [3.05, 3.63) is 34.9 Å². The van der Waals surface area contributed by atoms with Crippen LogP contribution in [0.2, 0.25) is 0 Å². The molecule has 0 saturated carbocycles. The van der Waals surface area contributed by atoms with Crippen LogP contribution in [0.5, 0.6) is 0 Å². The Labute approximate surface area is 178 Å². The number of carbonyl (C=O) groups excluding carboxylic acids is 3. The third-order valence-corrected chi connectivity index (χ3v) is 4.06. The Bertz CT molecular complexity index is 821. The first-order valence-electron chi connectivity index (χ1n) is 9.86. The molecule has 1 aromatic rings. The monoisotopic (exact) mass is 416 g/mol. The summed E-state index contributed by atoms with van der Waals surface area (Å²) in [6.45, 7) is 11.8. The molecule has 0 aliphatic rings. The first-order valence-corrected chi connectivity index (χ1v) is 9.86. The summed E-state index contributed by atoms with van der Waals surface area (Å²) in [7, 11) is 0. The fourth-order valence-corrected chi connectivity index (χ4v) is 2.83. The van der Waals surface area contributed by atoms with Crippen LogP contribution in [0.1, 0.15) is 57.4 Å². The number of nitrogens with zero attached hydrogens (tertiary/aromatic N) is 2. The summed E-state index contributed by atoms with van der Waals surface area (Å²) in [5.41, 5.74) is 1.67. The molecular formula is C22H32N4O4. The summed E-state index contributed by atoms with van der Waals surface area (Å²) in [4.78, 5) is 39.1. The average Bonchev–Trinajstić information content (AvgIpc) is 2.60. The van der Waals surface area contributed by atoms with Gasteiger partial charge in [0.25, 0.3) is 0 Å². The number of hydrogen-bond donors (Lipinski definition) is 2. The molecule has 0 aliphatic carbocycles. The van der Waals surface area contributed by atoms with Crippen LogP contribution in [-0.4, -0.2) is 47.5 Å². The number of alkyl carbamates (subject to hydrolysis) is 1. The molecule has 0 heterocycles. The van der Waals surface area contributed by atoms with Crippen LogP contribution in [0.25, 0.3) is 0 Å². The summed E-state index contributed by atoms with van der Waals surface area (Å²) in [5, 5.41) is 14.5. The van der Waals surface area contributed by atoms with E-state index < -0.39 is 30.2 Å². The van der Waals surface area contributed by atoms with Crippen molar-refractivity contribution in [2.75, 3.05) is 13.1 Å². The predicted octanol–water partition coefficient (Wildman–Crippen LogP) is 2.75. The molecule has 1 unspecified atom stereocenters. The van der Waals surface area contributed by atoms with Crippen molar-refractivity contribution in [2.24, 2.45) is 0 Å². The molecule has 0 aliphatic heterocycles. The number of benzene rings is 1. The minimum absolute atomic E-state index is 0.149. The molecule has 0 bridgehead atoms. The van der Waals surface area contributed by atoms with Gasteiger partial charge in [-0.15, -0.1) is 0 Å². The molecule has 1 aromatic carbocycles. The minimum Gasteiger partial charge on any atom is -0.444 e. The van der Waals surface area contributed by atoms with E-state index in [0.29, 0.717) is 5.56 Å². The zero-order valence-corrected chi connectivity index (χ0v) is 18.8. The standard InChI is InChI=1S/C22H32N4O4/c1-14(2)25-20(28)19(17-12-15(3)8-9-16(17)4)26(11-10-23)18(27)13-24-21(29)30-22(5,6)7/h8-9,12,14,19H,11,13H2,1-7H3,(H,24,29)(H,25,28). The van der Waals surface area contributed by atoms with E-state index in [0.717, 1.165) is 11.1 Å². The number of ether oxygens (including phenoxy) is 1. The summed E-state index contributed by atoms with van der Waals surface area (Å²) >= 11 is 0. The van der Waals surface area contributed by atoms with Gasteiger partial charge >= 0.3 is 6.09 Å². The molecule has 0 spiro atoms. The van der Waals surface area contributed by atoms with E-state index in [-0.39, 0.29) is 18.5 Å². The highest BCUT2D eigenvalue weighted by Gasteiger charge is 2.33. The quantitative estimate of drug-likeness (QED) is 0.664. The number of aryl methyl sites for hydroxylation is 2. The highest BCUT2D eigenvalue weighted by atomic mass is 16.6. The van der Waals surface area contributed by atoms with Crippen molar-refractivity contribution in [1.82, 2.24) is 15.5 Å². The lowest BCUT2D eigenvalue weighted by molar-refractivity contribution is -0.139. The Morgan fingerprint density at radius 2 is 1.83 bits per heavy atom. The summed E-state index contributed by atoms with van der Waals surface area (Å²) in [6, 6.07) is 6.41. The number of nitriles is 1. The molecule has 8 nitrogen and oxygen atoms in total. The zero-order valence-electron chi connectivity index (χ0n) is 18.8. The molecule has 0 saturated heterocycles. The maximum Gasteiger partial charge on any atom is 0.408 e. The van der Waals surface area contributed by atoms with Gasteiger partial charge in [-0.25, -0.2) is 4.79 Å². The molecule has 1 rings (SSSR count). The number of carbonyl (C=O) groups is 3. The van der Waals surface area contributed by atoms with Crippen molar-refractivity contribution in [3.8, 4) is 6.07 Å². The molecular weight excluding hydrogens is 384 g/mol. The van der Waals surface area contributed by atoms with Crippen LogP contribution < -0.4 is 10.6 Å². The topological polar surface area (TPSA) is 112 Å². The fourth-order valence-electron chi connectivity index (χ4n) is 2.83. The maximum absolute atomic E-state index is 13.0. The number of rotatable bonds is 7. The van der Waals surface area contributed by atoms with E-state index >= 15 is 0 Å². The lowest BCUT2D eigenvalue weighted by atomic mass is 9.96. The normalized spacial score (nSPS) is 12.0. The van der Waals surface area contributed by atoms with Gasteiger partial charge in [0.05, 0.1) is 6.07 Å². The van der Waals surface area contributed by atoms with Crippen LogP contribution in [0.4, 0.5) is 4.79 Å². The van der Waals surface area contributed by atoms with E-state index in [2.05, 4.69) is 10.6 Å². The molecule has 1 atom stereocenters. The lowest BCUT2D eigenvalue weighted by Gasteiger charge is -2.31. The smallest absolute Gasteiger partial charge is 0.408 e. The van der Waals surface area contributed by atoms with Crippen molar-refractivity contribution >= 4 is 17.9 Å². The largest absolute Gasteiger partial charge is 0.444 e. The number of amides is 3. The molecule has 164 valence electrons. The maximum atomic E-state index is 13.0. The molecule has 0 fully saturated rings. The van der Waals surface area contributed by atoms with Crippen LogP contribution in [0.3, 0.4) is 0 Å². The second kappa shape index (κ2) is 10.6. The lowest BCUT2D eigenvalue weighted by Crippen LogP contribution is -2.49. The van der Waals surface area contributed by atoms with Crippen LogP contribution >= 0.6 is 0 Å². The third kappa shape index (κ3) is 7.74. The summed E-state index contributed by atoms with van der Waals surface area (Å²) < 4.78 is 5.14. The van der Waals surface area contributed by atoms with Gasteiger partial charge in [-0.1, -0.05) is 23.8 Å². The molecule has 2 N–H and O–H groups in total. The molecule has 0 aromatic heterocycles. The van der Waals surface area contributed by atoms with Crippen molar-refractivity contribution in [3.63, 3.8) is 0 Å². The van der Waals surface area contributed by atoms with Gasteiger partial charge in [-0.3, -0.25) is 9.59 Å². The van der Waals surface area contributed by atoms with E-state index in [4.69, 9.17) is 4.74 Å². The molecule has 30 heavy (non-hydrogen) atoms. The summed E-state index contributed by atoms with van der Waals surface area (Å²) in [5.74, 6) is -0.952. The van der Waals surface area contributed by atoms with E-state index in [1.807, 2.05) is 52.0 Å². The van der Waals surface area contributed by atoms with Crippen LogP contribution in [0, 0.1) is 25.2 Å². The van der Waals surface area contributed by atoms with Gasteiger partial charge in [0.15, 0.2) is 0 Å². The van der Waals surface area contributed by atoms with Gasteiger partial charge in [0, 0.05) is 6.04 Å². The molecule has 8 heteroatoms. The van der Waals surface area contributed by atoms with Crippen molar-refractivity contribution < 1.29 is 19.1 Å². The fraction of sp³-hybridized carbons (Fsp3) is 0.545.